The van der Waals surface area contributed by atoms with Crippen molar-refractivity contribution < 1.29 is 18.7 Å². The highest BCUT2D eigenvalue weighted by molar-refractivity contribution is 6.11. The summed E-state index contributed by atoms with van der Waals surface area (Å²) in [6, 6.07) is 13.1. The van der Waals surface area contributed by atoms with Gasteiger partial charge in [-0.05, 0) is 36.6 Å². The smallest absolute Gasteiger partial charge is 0.410 e. The molecule has 27 heavy (non-hydrogen) atoms. The molecule has 5 nitrogen and oxygen atoms in total. The number of likely N-dealkylation sites (tertiary alicyclic amines) is 1. The van der Waals surface area contributed by atoms with E-state index in [4.69, 9.17) is 4.74 Å². The quantitative estimate of drug-likeness (QED) is 0.701. The molecule has 1 amide bonds. The van der Waals surface area contributed by atoms with E-state index in [0.717, 1.165) is 12.0 Å². The fraction of sp³-hybridized carbons (Fsp3) is 0.238. The summed E-state index contributed by atoms with van der Waals surface area (Å²) in [7, 11) is 0. The molecule has 0 aliphatic carbocycles. The second kappa shape index (κ2) is 7.23. The second-order valence-electron chi connectivity index (χ2n) is 6.65. The lowest BCUT2D eigenvalue weighted by Crippen LogP contribution is -2.40. The molecular weight excluding hydrogens is 347 g/mol. The van der Waals surface area contributed by atoms with Crippen LogP contribution in [0.25, 0.3) is 10.9 Å². The number of amides is 1. The Hall–Kier alpha value is -3.15. The Morgan fingerprint density at radius 2 is 2.00 bits per heavy atom. The Morgan fingerprint density at radius 1 is 1.19 bits per heavy atom. The van der Waals surface area contributed by atoms with Crippen molar-refractivity contribution in [1.82, 2.24) is 9.88 Å². The molecule has 1 atom stereocenters. The zero-order valence-corrected chi connectivity index (χ0v) is 14.7. The van der Waals surface area contributed by atoms with Crippen LogP contribution in [0.15, 0.2) is 54.7 Å². The van der Waals surface area contributed by atoms with Crippen LogP contribution in [-0.2, 0) is 11.3 Å². The third-order valence-electron chi connectivity index (χ3n) is 4.90. The van der Waals surface area contributed by atoms with E-state index in [0.29, 0.717) is 29.4 Å². The molecule has 1 aromatic heterocycles. The summed E-state index contributed by atoms with van der Waals surface area (Å²) in [6.07, 6.45) is 2.38. The molecule has 0 saturated carbocycles. The Bertz CT molecular complexity index is 984. The number of hydrogen-bond donors (Lipinski definition) is 1. The van der Waals surface area contributed by atoms with E-state index in [1.807, 2.05) is 30.3 Å². The highest BCUT2D eigenvalue weighted by Gasteiger charge is 2.36. The molecule has 0 spiro atoms. The normalized spacial score (nSPS) is 16.6. The Morgan fingerprint density at radius 3 is 2.81 bits per heavy atom. The first kappa shape index (κ1) is 17.3. The highest BCUT2D eigenvalue weighted by Crippen LogP contribution is 2.27. The first-order chi connectivity index (χ1) is 13.1. The standard InChI is InChI=1S/C21H19FN2O3/c22-15-8-9-18-16(11-15)17(12-23-18)20(25)19-7-4-10-24(19)21(26)27-13-14-5-2-1-3-6-14/h1-3,5-6,8-9,11-12,19,23H,4,7,10,13H2/t19-/m1/s1. The fourth-order valence-electron chi connectivity index (χ4n) is 3.54. The van der Waals surface area contributed by atoms with Crippen molar-refractivity contribution in [2.24, 2.45) is 0 Å². The van der Waals surface area contributed by atoms with Crippen LogP contribution < -0.4 is 0 Å². The minimum absolute atomic E-state index is 0.162. The summed E-state index contributed by atoms with van der Waals surface area (Å²) in [5.41, 5.74) is 1.98. The van der Waals surface area contributed by atoms with Gasteiger partial charge in [0, 0.05) is 29.2 Å². The SMILES string of the molecule is O=C(c1c[nH]c2ccc(F)cc12)[C@H]1CCCN1C(=O)OCc1ccccc1. The number of carbonyl (C=O) groups excluding carboxylic acids is 2. The maximum atomic E-state index is 13.6. The summed E-state index contributed by atoms with van der Waals surface area (Å²) < 4.78 is 19.0. The summed E-state index contributed by atoms with van der Waals surface area (Å²) in [5.74, 6) is -0.595. The van der Waals surface area contributed by atoms with Crippen LogP contribution in [0.1, 0.15) is 28.8 Å². The molecule has 1 saturated heterocycles. The molecule has 1 aliphatic heterocycles. The van der Waals surface area contributed by atoms with Crippen LogP contribution in [0.5, 0.6) is 0 Å². The third-order valence-corrected chi connectivity index (χ3v) is 4.90. The molecule has 2 aromatic carbocycles. The minimum Gasteiger partial charge on any atom is -0.445 e. The second-order valence-corrected chi connectivity index (χ2v) is 6.65. The fourth-order valence-corrected chi connectivity index (χ4v) is 3.54. The summed E-state index contributed by atoms with van der Waals surface area (Å²) in [6.45, 7) is 0.635. The number of nitrogens with one attached hydrogen (secondary N) is 1. The van der Waals surface area contributed by atoms with Crippen molar-refractivity contribution in [1.29, 1.82) is 0 Å². The number of fused-ring (bicyclic) bond motifs is 1. The van der Waals surface area contributed by atoms with Crippen LogP contribution >= 0.6 is 0 Å². The molecule has 4 rings (SSSR count). The van der Waals surface area contributed by atoms with Gasteiger partial charge in [0.25, 0.3) is 0 Å². The van der Waals surface area contributed by atoms with Gasteiger partial charge in [0.15, 0.2) is 5.78 Å². The van der Waals surface area contributed by atoms with E-state index in [9.17, 15) is 14.0 Å². The van der Waals surface area contributed by atoms with Crippen molar-refractivity contribution in [2.45, 2.75) is 25.5 Å². The number of ether oxygens (including phenoxy) is 1. The van der Waals surface area contributed by atoms with E-state index in [2.05, 4.69) is 4.98 Å². The van der Waals surface area contributed by atoms with Gasteiger partial charge in [-0.25, -0.2) is 9.18 Å². The molecule has 6 heteroatoms. The van der Waals surface area contributed by atoms with Gasteiger partial charge in [0.1, 0.15) is 12.4 Å². The summed E-state index contributed by atoms with van der Waals surface area (Å²) >= 11 is 0. The minimum atomic E-state index is -0.587. The van der Waals surface area contributed by atoms with Gasteiger partial charge in [-0.15, -0.1) is 0 Å². The van der Waals surface area contributed by atoms with Crippen LogP contribution in [0.3, 0.4) is 0 Å². The van der Waals surface area contributed by atoms with E-state index < -0.39 is 18.0 Å². The molecule has 2 heterocycles. The predicted molar refractivity (Wildman–Crippen MR) is 98.9 cm³/mol. The molecular formula is C21H19FN2O3. The molecule has 3 aromatic rings. The lowest BCUT2D eigenvalue weighted by atomic mass is 10.0. The van der Waals surface area contributed by atoms with Crippen LogP contribution in [-0.4, -0.2) is 34.3 Å². The number of H-pyrrole nitrogens is 1. The number of nitrogens with zero attached hydrogens (tertiary/aromatic N) is 1. The molecule has 0 unspecified atom stereocenters. The van der Waals surface area contributed by atoms with E-state index in [-0.39, 0.29) is 12.4 Å². The first-order valence-corrected chi connectivity index (χ1v) is 8.91. The Labute approximate surface area is 155 Å². The average Bonchev–Trinajstić information content (AvgIpc) is 3.33. The van der Waals surface area contributed by atoms with Gasteiger partial charge in [-0.2, -0.15) is 0 Å². The highest BCUT2D eigenvalue weighted by atomic mass is 19.1. The van der Waals surface area contributed by atoms with Crippen molar-refractivity contribution in [3.05, 3.63) is 71.7 Å². The zero-order valence-electron chi connectivity index (χ0n) is 14.7. The van der Waals surface area contributed by atoms with E-state index in [1.165, 1.54) is 17.0 Å². The van der Waals surface area contributed by atoms with Gasteiger partial charge in [0.05, 0.1) is 6.04 Å². The van der Waals surface area contributed by atoms with Crippen molar-refractivity contribution >= 4 is 22.8 Å². The van der Waals surface area contributed by atoms with Crippen molar-refractivity contribution in [2.75, 3.05) is 6.54 Å². The largest absolute Gasteiger partial charge is 0.445 e. The maximum absolute atomic E-state index is 13.6. The van der Waals surface area contributed by atoms with Gasteiger partial charge < -0.3 is 9.72 Å². The predicted octanol–water partition coefficient (Wildman–Crippen LogP) is 4.29. The molecule has 1 N–H and O–H groups in total. The Balaban J connectivity index is 1.51. The summed E-state index contributed by atoms with van der Waals surface area (Å²) in [5, 5.41) is 0.532. The molecule has 0 bridgehead atoms. The number of rotatable bonds is 4. The van der Waals surface area contributed by atoms with Crippen molar-refractivity contribution in [3.63, 3.8) is 0 Å². The zero-order chi connectivity index (χ0) is 18.8. The number of ketones is 1. The van der Waals surface area contributed by atoms with Crippen molar-refractivity contribution in [3.8, 4) is 0 Å². The third kappa shape index (κ3) is 3.43. The monoisotopic (exact) mass is 366 g/mol. The number of halogens is 1. The first-order valence-electron chi connectivity index (χ1n) is 8.91. The number of aromatic amines is 1. The number of benzene rings is 2. The number of hydrogen-bond acceptors (Lipinski definition) is 3. The topological polar surface area (TPSA) is 62.4 Å². The number of carbonyl (C=O) groups is 2. The number of Topliss-reactive ketones (excluding diaryl/α,β-unsaturated/α-hetero) is 1. The molecule has 1 aliphatic rings. The van der Waals surface area contributed by atoms with Gasteiger partial charge in [-0.3, -0.25) is 9.69 Å². The average molecular weight is 366 g/mol. The van der Waals surface area contributed by atoms with Crippen LogP contribution in [0.4, 0.5) is 9.18 Å². The lowest BCUT2D eigenvalue weighted by Gasteiger charge is -2.23. The number of aromatic nitrogens is 1. The molecule has 0 radical (unpaired) electrons. The molecule has 1 fully saturated rings. The summed E-state index contributed by atoms with van der Waals surface area (Å²) in [4.78, 5) is 30.0. The maximum Gasteiger partial charge on any atom is 0.410 e. The van der Waals surface area contributed by atoms with Crippen LogP contribution in [0.2, 0.25) is 0 Å². The van der Waals surface area contributed by atoms with Gasteiger partial charge in [0.2, 0.25) is 0 Å². The lowest BCUT2D eigenvalue weighted by molar-refractivity contribution is 0.0739. The Kier molecular flexibility index (Phi) is 4.62. The van der Waals surface area contributed by atoms with Crippen LogP contribution in [0, 0.1) is 5.82 Å². The molecule has 138 valence electrons. The van der Waals surface area contributed by atoms with Gasteiger partial charge in [-0.1, -0.05) is 30.3 Å². The van der Waals surface area contributed by atoms with E-state index in [1.54, 1.807) is 12.3 Å². The van der Waals surface area contributed by atoms with Gasteiger partial charge >= 0.3 is 6.09 Å². The van der Waals surface area contributed by atoms with E-state index >= 15 is 0 Å².